The van der Waals surface area contributed by atoms with Gasteiger partial charge in [0, 0.05) is 23.6 Å². The first-order valence-electron chi connectivity index (χ1n) is 12.1. The highest BCUT2D eigenvalue weighted by molar-refractivity contribution is 9.10. The summed E-state index contributed by atoms with van der Waals surface area (Å²) in [6, 6.07) is 14.3. The molecule has 2 aromatic rings. The predicted octanol–water partition coefficient (Wildman–Crippen LogP) is 2.01. The average Bonchev–Trinajstić information content (AvgIpc) is 2.89. The first-order valence-corrected chi connectivity index (χ1v) is 12.9. The molecule has 0 aliphatic heterocycles. The minimum Gasteiger partial charge on any atom is -0.445 e. The Morgan fingerprint density at radius 1 is 0.846 bits per heavy atom. The quantitative estimate of drug-likeness (QED) is 0.265. The van der Waals surface area contributed by atoms with Gasteiger partial charge in [-0.3, -0.25) is 19.2 Å². The summed E-state index contributed by atoms with van der Waals surface area (Å²) < 4.78 is 6.01. The van der Waals surface area contributed by atoms with E-state index in [0.717, 1.165) is 10.0 Å². The van der Waals surface area contributed by atoms with Crippen LogP contribution in [0.15, 0.2) is 59.1 Å². The fourth-order valence-corrected chi connectivity index (χ4v) is 3.54. The smallest absolute Gasteiger partial charge is 0.408 e. The summed E-state index contributed by atoms with van der Waals surface area (Å²) in [5.74, 6) is -2.27. The standard InChI is InChI=1S/C27H34BrN5O6/c1-26(2,23(36)29-5)33-24(37)27(3,4)32-22(35)20(15-30-21(34)18-11-13-19(28)14-12-18)31-25(38)39-16-17-9-7-6-8-10-17/h6-14,20H,15-16H2,1-5H3,(H,29,36)(H,30,34)(H,31,38)(H,32,35)(H,33,37)/t20-/m0/s1. The van der Waals surface area contributed by atoms with Crippen molar-refractivity contribution in [1.82, 2.24) is 26.6 Å². The maximum atomic E-state index is 13.2. The lowest BCUT2D eigenvalue weighted by Crippen LogP contribution is -2.65. The van der Waals surface area contributed by atoms with Crippen LogP contribution < -0.4 is 26.6 Å². The minimum atomic E-state index is -1.48. The lowest BCUT2D eigenvalue weighted by atomic mass is 9.98. The van der Waals surface area contributed by atoms with Crippen molar-refractivity contribution in [2.45, 2.75) is 51.4 Å². The molecule has 0 radical (unpaired) electrons. The molecule has 0 saturated heterocycles. The van der Waals surface area contributed by atoms with E-state index in [1.54, 1.807) is 48.5 Å². The molecule has 2 aromatic carbocycles. The summed E-state index contributed by atoms with van der Waals surface area (Å²) in [5.41, 5.74) is -1.63. The average molecular weight is 605 g/mol. The Hall–Kier alpha value is -3.93. The number of amides is 5. The zero-order chi connectivity index (χ0) is 29.2. The molecule has 39 heavy (non-hydrogen) atoms. The molecule has 1 atom stereocenters. The van der Waals surface area contributed by atoms with Crippen LogP contribution in [0, 0.1) is 0 Å². The van der Waals surface area contributed by atoms with Gasteiger partial charge >= 0.3 is 6.09 Å². The Labute approximate surface area is 236 Å². The molecule has 0 saturated carbocycles. The van der Waals surface area contributed by atoms with Crippen LogP contribution in [-0.4, -0.2) is 60.4 Å². The van der Waals surface area contributed by atoms with E-state index in [2.05, 4.69) is 42.5 Å². The van der Waals surface area contributed by atoms with Gasteiger partial charge in [-0.15, -0.1) is 0 Å². The third-order valence-corrected chi connectivity index (χ3v) is 6.15. The Balaban J connectivity index is 2.13. The number of carbonyl (C=O) groups excluding carboxylic acids is 5. The molecule has 0 heterocycles. The van der Waals surface area contributed by atoms with E-state index in [4.69, 9.17) is 4.74 Å². The topological polar surface area (TPSA) is 155 Å². The van der Waals surface area contributed by atoms with Gasteiger partial charge in [0.25, 0.3) is 5.91 Å². The number of hydrogen-bond acceptors (Lipinski definition) is 6. The van der Waals surface area contributed by atoms with Crippen LogP contribution >= 0.6 is 15.9 Å². The normalized spacial score (nSPS) is 11.9. The Kier molecular flexibility index (Phi) is 11.0. The third-order valence-electron chi connectivity index (χ3n) is 5.62. The summed E-state index contributed by atoms with van der Waals surface area (Å²) in [4.78, 5) is 63.4. The first kappa shape index (κ1) is 31.3. The van der Waals surface area contributed by atoms with E-state index in [-0.39, 0.29) is 13.2 Å². The largest absolute Gasteiger partial charge is 0.445 e. The second kappa shape index (κ2) is 13.7. The molecule has 0 aliphatic carbocycles. The molecule has 5 N–H and O–H groups in total. The lowest BCUT2D eigenvalue weighted by molar-refractivity contribution is -0.137. The van der Waals surface area contributed by atoms with E-state index in [9.17, 15) is 24.0 Å². The number of rotatable bonds is 11. The van der Waals surface area contributed by atoms with Gasteiger partial charge in [0.05, 0.1) is 0 Å². The lowest BCUT2D eigenvalue weighted by Gasteiger charge is -2.32. The summed E-state index contributed by atoms with van der Waals surface area (Å²) in [5, 5.41) is 12.7. The molecule has 0 unspecified atom stereocenters. The summed E-state index contributed by atoms with van der Waals surface area (Å²) in [6.45, 7) is 5.62. The zero-order valence-electron chi connectivity index (χ0n) is 22.5. The first-order chi connectivity index (χ1) is 18.2. The fraction of sp³-hybridized carbons (Fsp3) is 0.370. The van der Waals surface area contributed by atoms with Gasteiger partial charge < -0.3 is 31.3 Å². The number of nitrogens with one attached hydrogen (secondary N) is 5. The van der Waals surface area contributed by atoms with Crippen LogP contribution in [0.3, 0.4) is 0 Å². The van der Waals surface area contributed by atoms with Crippen molar-refractivity contribution in [2.75, 3.05) is 13.6 Å². The maximum Gasteiger partial charge on any atom is 0.408 e. The van der Waals surface area contributed by atoms with E-state index >= 15 is 0 Å². The highest BCUT2D eigenvalue weighted by Crippen LogP contribution is 2.11. The molecule has 0 aromatic heterocycles. The van der Waals surface area contributed by atoms with Crippen molar-refractivity contribution in [3.63, 3.8) is 0 Å². The van der Waals surface area contributed by atoms with Gasteiger partial charge in [0.15, 0.2) is 0 Å². The van der Waals surface area contributed by atoms with E-state index in [1.165, 1.54) is 34.7 Å². The van der Waals surface area contributed by atoms with Gasteiger partial charge in [-0.1, -0.05) is 46.3 Å². The maximum absolute atomic E-state index is 13.2. The Morgan fingerprint density at radius 3 is 2.03 bits per heavy atom. The SMILES string of the molecule is CNC(=O)C(C)(C)NC(=O)C(C)(C)NC(=O)[C@H](CNC(=O)c1ccc(Br)cc1)NC(=O)OCc1ccccc1. The molecule has 5 amide bonds. The van der Waals surface area contributed by atoms with Crippen LogP contribution in [0.2, 0.25) is 0 Å². The van der Waals surface area contributed by atoms with Crippen LogP contribution in [-0.2, 0) is 25.7 Å². The summed E-state index contributed by atoms with van der Waals surface area (Å²) in [7, 11) is 1.44. The highest BCUT2D eigenvalue weighted by Gasteiger charge is 2.38. The Morgan fingerprint density at radius 2 is 1.44 bits per heavy atom. The second-order valence-corrected chi connectivity index (χ2v) is 10.7. The number of ether oxygens (including phenoxy) is 1. The molecule has 0 bridgehead atoms. The van der Waals surface area contributed by atoms with Gasteiger partial charge in [-0.25, -0.2) is 4.79 Å². The molecular weight excluding hydrogens is 570 g/mol. The summed E-state index contributed by atoms with van der Waals surface area (Å²) in [6.07, 6.45) is -0.889. The number of halogens is 1. The molecule has 0 fully saturated rings. The molecule has 0 aliphatic rings. The van der Waals surface area contributed by atoms with Crippen LogP contribution in [0.1, 0.15) is 43.6 Å². The number of benzene rings is 2. The van der Waals surface area contributed by atoms with Crippen molar-refractivity contribution in [1.29, 1.82) is 0 Å². The summed E-state index contributed by atoms with van der Waals surface area (Å²) >= 11 is 3.30. The minimum absolute atomic E-state index is 0.0330. The van der Waals surface area contributed by atoms with Gasteiger partial charge in [-0.05, 0) is 57.5 Å². The van der Waals surface area contributed by atoms with Crippen molar-refractivity contribution in [3.8, 4) is 0 Å². The van der Waals surface area contributed by atoms with Gasteiger partial charge in [0.1, 0.15) is 23.7 Å². The van der Waals surface area contributed by atoms with Crippen molar-refractivity contribution >= 4 is 45.7 Å². The number of likely N-dealkylation sites (N-methyl/N-ethyl adjacent to an activating group) is 1. The van der Waals surface area contributed by atoms with E-state index < -0.39 is 46.8 Å². The molecule has 0 spiro atoms. The van der Waals surface area contributed by atoms with E-state index in [0.29, 0.717) is 5.56 Å². The van der Waals surface area contributed by atoms with Crippen molar-refractivity contribution in [2.24, 2.45) is 0 Å². The molecule has 2 rings (SSSR count). The van der Waals surface area contributed by atoms with Gasteiger partial charge in [-0.2, -0.15) is 0 Å². The van der Waals surface area contributed by atoms with Gasteiger partial charge in [0.2, 0.25) is 17.7 Å². The molecule has 12 heteroatoms. The van der Waals surface area contributed by atoms with Crippen LogP contribution in [0.4, 0.5) is 4.79 Å². The van der Waals surface area contributed by atoms with Crippen LogP contribution in [0.5, 0.6) is 0 Å². The molecular formula is C27H34BrN5O6. The zero-order valence-corrected chi connectivity index (χ0v) is 24.1. The number of hydrogen-bond donors (Lipinski definition) is 5. The second-order valence-electron chi connectivity index (χ2n) is 9.75. The highest BCUT2D eigenvalue weighted by atomic mass is 79.9. The van der Waals surface area contributed by atoms with E-state index in [1.807, 2.05) is 6.07 Å². The molecule has 210 valence electrons. The van der Waals surface area contributed by atoms with Crippen molar-refractivity contribution in [3.05, 3.63) is 70.2 Å². The number of alkyl carbamates (subject to hydrolysis) is 1. The number of carbonyl (C=O) groups is 5. The monoisotopic (exact) mass is 603 g/mol. The van der Waals surface area contributed by atoms with Crippen LogP contribution in [0.25, 0.3) is 0 Å². The van der Waals surface area contributed by atoms with Crippen molar-refractivity contribution < 1.29 is 28.7 Å². The predicted molar refractivity (Wildman–Crippen MR) is 149 cm³/mol. The fourth-order valence-electron chi connectivity index (χ4n) is 3.28. The Bertz CT molecular complexity index is 1180. The molecule has 11 nitrogen and oxygen atoms in total. The third kappa shape index (κ3) is 9.71.